The second-order valence-electron chi connectivity index (χ2n) is 7.95. The van der Waals surface area contributed by atoms with Gasteiger partial charge in [0, 0.05) is 36.8 Å². The minimum absolute atomic E-state index is 0.0628. The van der Waals surface area contributed by atoms with Crippen LogP contribution >= 0.6 is 22.9 Å². The summed E-state index contributed by atoms with van der Waals surface area (Å²) in [5.41, 5.74) is 0.308. The first-order valence-electron chi connectivity index (χ1n) is 10.8. The predicted molar refractivity (Wildman–Crippen MR) is 133 cm³/mol. The third-order valence-electron chi connectivity index (χ3n) is 5.65. The number of hydrogen-bond acceptors (Lipinski definition) is 6. The molecule has 1 aliphatic rings. The van der Waals surface area contributed by atoms with Crippen LogP contribution in [0.2, 0.25) is 5.02 Å². The Morgan fingerprint density at radius 3 is 2.11 bits per heavy atom. The van der Waals surface area contributed by atoms with Gasteiger partial charge in [0.15, 0.2) is 0 Å². The Kier molecular flexibility index (Phi) is 7.72. The molecular weight excluding hydrogens is 529 g/mol. The van der Waals surface area contributed by atoms with Crippen molar-refractivity contribution in [2.24, 2.45) is 0 Å². The van der Waals surface area contributed by atoms with E-state index < -0.39 is 32.8 Å². The lowest BCUT2D eigenvalue weighted by atomic mass is 10.1. The standard InChI is InChI=1S/C24H21ClFN3O5S2/c25-17-5-9-19(10-6-17)36(33,34)22(27-21(30)20-2-1-15-35-20)24(32)29-13-11-28(12-14-29)23(31)16-3-7-18(26)8-4-16/h1-10,15,22H,11-14H2,(H,27,30)/t22-/m1/s1. The largest absolute Gasteiger partial charge is 0.336 e. The van der Waals surface area contributed by atoms with E-state index in [2.05, 4.69) is 5.32 Å². The number of amides is 3. The normalized spacial score (nSPS) is 14.8. The van der Waals surface area contributed by atoms with Gasteiger partial charge in [-0.15, -0.1) is 11.3 Å². The van der Waals surface area contributed by atoms with Gasteiger partial charge in [-0.2, -0.15) is 0 Å². The quantitative estimate of drug-likeness (QED) is 0.509. The number of thiophene rings is 1. The minimum Gasteiger partial charge on any atom is -0.336 e. The Balaban J connectivity index is 1.53. The van der Waals surface area contributed by atoms with Crippen molar-refractivity contribution < 1.29 is 27.2 Å². The molecule has 2 aromatic carbocycles. The molecule has 0 spiro atoms. The first-order valence-corrected chi connectivity index (χ1v) is 13.6. The van der Waals surface area contributed by atoms with E-state index in [0.29, 0.717) is 10.6 Å². The summed E-state index contributed by atoms with van der Waals surface area (Å²) in [5, 5.41) is 2.49. The number of halogens is 2. The second kappa shape index (κ2) is 10.8. The zero-order valence-electron chi connectivity index (χ0n) is 18.8. The first-order chi connectivity index (χ1) is 17.2. The summed E-state index contributed by atoms with van der Waals surface area (Å²) in [6, 6.07) is 13.6. The summed E-state index contributed by atoms with van der Waals surface area (Å²) in [6.07, 6.45) is 0. The molecular formula is C24H21ClFN3O5S2. The summed E-state index contributed by atoms with van der Waals surface area (Å²) >= 11 is 6.99. The van der Waals surface area contributed by atoms with Gasteiger partial charge >= 0.3 is 0 Å². The number of piperazine rings is 1. The highest BCUT2D eigenvalue weighted by atomic mass is 35.5. The fourth-order valence-corrected chi connectivity index (χ4v) is 5.92. The van der Waals surface area contributed by atoms with Gasteiger partial charge in [0.1, 0.15) is 5.82 Å². The van der Waals surface area contributed by atoms with Crippen LogP contribution in [0, 0.1) is 5.82 Å². The van der Waals surface area contributed by atoms with Gasteiger partial charge in [0.05, 0.1) is 9.77 Å². The summed E-state index contributed by atoms with van der Waals surface area (Å²) in [7, 11) is -4.32. The van der Waals surface area contributed by atoms with Crippen molar-refractivity contribution in [3.63, 3.8) is 0 Å². The Morgan fingerprint density at radius 2 is 1.53 bits per heavy atom. The van der Waals surface area contributed by atoms with E-state index in [1.165, 1.54) is 64.4 Å². The second-order valence-corrected chi connectivity index (χ2v) is 11.4. The van der Waals surface area contributed by atoms with E-state index in [4.69, 9.17) is 11.6 Å². The minimum atomic E-state index is -4.32. The first kappa shape index (κ1) is 25.8. The van der Waals surface area contributed by atoms with E-state index in [-0.39, 0.29) is 41.9 Å². The molecule has 36 heavy (non-hydrogen) atoms. The Morgan fingerprint density at radius 1 is 0.917 bits per heavy atom. The lowest BCUT2D eigenvalue weighted by Gasteiger charge is -2.36. The number of carbonyl (C=O) groups is 3. The third-order valence-corrected chi connectivity index (χ3v) is 8.64. The molecule has 3 amide bonds. The highest BCUT2D eigenvalue weighted by Gasteiger charge is 2.39. The van der Waals surface area contributed by atoms with Gasteiger partial charge in [0.25, 0.3) is 17.7 Å². The predicted octanol–water partition coefficient (Wildman–Crippen LogP) is 3.06. The van der Waals surface area contributed by atoms with Gasteiger partial charge in [-0.3, -0.25) is 14.4 Å². The average molecular weight is 550 g/mol. The lowest BCUT2D eigenvalue weighted by molar-refractivity contribution is -0.132. The lowest BCUT2D eigenvalue weighted by Crippen LogP contribution is -2.57. The van der Waals surface area contributed by atoms with E-state index in [1.54, 1.807) is 11.4 Å². The Bertz CT molecular complexity index is 1360. The molecule has 3 aromatic rings. The van der Waals surface area contributed by atoms with Gasteiger partial charge in [-0.05, 0) is 60.0 Å². The Labute approximate surface area is 216 Å². The van der Waals surface area contributed by atoms with Crippen molar-refractivity contribution in [2.75, 3.05) is 26.2 Å². The van der Waals surface area contributed by atoms with Crippen molar-refractivity contribution in [1.82, 2.24) is 15.1 Å². The molecule has 1 atom stereocenters. The summed E-state index contributed by atoms with van der Waals surface area (Å²) < 4.78 is 40.0. The van der Waals surface area contributed by atoms with Gasteiger partial charge < -0.3 is 15.1 Å². The highest BCUT2D eigenvalue weighted by molar-refractivity contribution is 7.92. The van der Waals surface area contributed by atoms with E-state index in [0.717, 1.165) is 11.3 Å². The van der Waals surface area contributed by atoms with E-state index in [9.17, 15) is 27.2 Å². The molecule has 1 N–H and O–H groups in total. The van der Waals surface area contributed by atoms with Crippen LogP contribution in [0.4, 0.5) is 4.39 Å². The maximum absolute atomic E-state index is 13.4. The highest BCUT2D eigenvalue weighted by Crippen LogP contribution is 2.21. The van der Waals surface area contributed by atoms with Crippen LogP contribution in [-0.2, 0) is 14.6 Å². The maximum atomic E-state index is 13.4. The van der Waals surface area contributed by atoms with Crippen molar-refractivity contribution in [1.29, 1.82) is 0 Å². The molecule has 1 fully saturated rings. The summed E-state index contributed by atoms with van der Waals surface area (Å²) in [5.74, 6) is -2.27. The molecule has 188 valence electrons. The molecule has 0 saturated carbocycles. The van der Waals surface area contributed by atoms with Crippen LogP contribution in [0.5, 0.6) is 0 Å². The molecule has 0 bridgehead atoms. The molecule has 0 unspecified atom stereocenters. The van der Waals surface area contributed by atoms with Crippen LogP contribution in [0.3, 0.4) is 0 Å². The number of sulfone groups is 1. The van der Waals surface area contributed by atoms with Crippen molar-refractivity contribution in [3.8, 4) is 0 Å². The van der Waals surface area contributed by atoms with Crippen LogP contribution in [0.1, 0.15) is 20.0 Å². The average Bonchev–Trinajstić information content (AvgIpc) is 3.42. The summed E-state index contributed by atoms with van der Waals surface area (Å²) in [6.45, 7) is 0.420. The fourth-order valence-electron chi connectivity index (χ4n) is 3.70. The van der Waals surface area contributed by atoms with Crippen molar-refractivity contribution >= 4 is 50.5 Å². The molecule has 1 aliphatic heterocycles. The van der Waals surface area contributed by atoms with Crippen LogP contribution in [-0.4, -0.2) is 67.5 Å². The van der Waals surface area contributed by atoms with E-state index >= 15 is 0 Å². The van der Waals surface area contributed by atoms with Crippen LogP contribution in [0.15, 0.2) is 70.9 Å². The molecule has 0 aliphatic carbocycles. The number of hydrogen-bond donors (Lipinski definition) is 1. The molecule has 1 saturated heterocycles. The molecule has 0 radical (unpaired) electrons. The van der Waals surface area contributed by atoms with Gasteiger partial charge in [-0.1, -0.05) is 17.7 Å². The van der Waals surface area contributed by atoms with Crippen molar-refractivity contribution in [2.45, 2.75) is 10.3 Å². The van der Waals surface area contributed by atoms with Crippen LogP contribution in [0.25, 0.3) is 0 Å². The molecule has 2 heterocycles. The monoisotopic (exact) mass is 549 g/mol. The number of nitrogens with zero attached hydrogens (tertiary/aromatic N) is 2. The number of nitrogens with one attached hydrogen (secondary N) is 1. The van der Waals surface area contributed by atoms with Crippen LogP contribution < -0.4 is 5.32 Å². The number of benzene rings is 2. The van der Waals surface area contributed by atoms with Gasteiger partial charge in [0.2, 0.25) is 15.2 Å². The smallest absolute Gasteiger partial charge is 0.262 e. The van der Waals surface area contributed by atoms with Crippen molar-refractivity contribution in [3.05, 3.63) is 87.3 Å². The molecule has 8 nitrogen and oxygen atoms in total. The molecule has 1 aromatic heterocycles. The topological polar surface area (TPSA) is 104 Å². The third kappa shape index (κ3) is 5.58. The van der Waals surface area contributed by atoms with Gasteiger partial charge in [-0.25, -0.2) is 12.8 Å². The zero-order chi connectivity index (χ0) is 25.9. The zero-order valence-corrected chi connectivity index (χ0v) is 21.2. The number of rotatable bonds is 6. The maximum Gasteiger partial charge on any atom is 0.262 e. The summed E-state index contributed by atoms with van der Waals surface area (Å²) in [4.78, 5) is 41.8. The molecule has 12 heteroatoms. The Hall–Kier alpha value is -3.28. The molecule has 4 rings (SSSR count). The van der Waals surface area contributed by atoms with E-state index in [1.807, 2.05) is 0 Å². The SMILES string of the molecule is O=C(N[C@@H](C(=O)N1CCN(C(=O)c2ccc(F)cc2)CC1)S(=O)(=O)c1ccc(Cl)cc1)c1cccs1. The fraction of sp³-hybridized carbons (Fsp3) is 0.208. The number of carbonyl (C=O) groups excluding carboxylic acids is 3.